The topological polar surface area (TPSA) is 114 Å². The molecular formula is C36H36ClN3O6S. The van der Waals surface area contributed by atoms with Crippen LogP contribution in [0.3, 0.4) is 0 Å². The first-order valence-electron chi connectivity index (χ1n) is 15.6. The van der Waals surface area contributed by atoms with Crippen molar-refractivity contribution in [2.75, 3.05) is 6.79 Å². The van der Waals surface area contributed by atoms with Gasteiger partial charge in [0.25, 0.3) is 0 Å². The van der Waals surface area contributed by atoms with Gasteiger partial charge in [0, 0.05) is 37.0 Å². The second-order valence-corrected chi connectivity index (χ2v) is 13.9. The SMILES string of the molecule is O=C(NCc1ccc2c(c1)OCO2)[C@H](Cc1ccccc1)N(Cc1ccc(Cl)cc1)C(=O)CCc1ccc(S(=O)(=O)NC2CC2)cc1. The number of halogens is 1. The molecule has 0 unspecified atom stereocenters. The van der Waals surface area contributed by atoms with Gasteiger partial charge in [-0.05, 0) is 77.9 Å². The van der Waals surface area contributed by atoms with Crippen molar-refractivity contribution in [2.45, 2.75) is 62.2 Å². The second-order valence-electron chi connectivity index (χ2n) is 11.8. The van der Waals surface area contributed by atoms with Crippen LogP contribution in [-0.4, -0.2) is 44.0 Å². The van der Waals surface area contributed by atoms with Crippen LogP contribution in [0.2, 0.25) is 5.02 Å². The van der Waals surface area contributed by atoms with Crippen molar-refractivity contribution in [2.24, 2.45) is 0 Å². The number of hydrogen-bond donors (Lipinski definition) is 2. The Morgan fingerprint density at radius 1 is 0.830 bits per heavy atom. The van der Waals surface area contributed by atoms with Gasteiger partial charge in [-0.25, -0.2) is 13.1 Å². The fourth-order valence-corrected chi connectivity index (χ4v) is 6.85. The molecule has 6 rings (SSSR count). The molecule has 11 heteroatoms. The number of ether oxygens (including phenoxy) is 2. The van der Waals surface area contributed by atoms with Crippen molar-refractivity contribution in [1.29, 1.82) is 0 Å². The van der Waals surface area contributed by atoms with E-state index >= 15 is 0 Å². The third kappa shape index (κ3) is 8.71. The Bertz CT molecular complexity index is 1810. The smallest absolute Gasteiger partial charge is 0.243 e. The Morgan fingerprint density at radius 3 is 2.23 bits per heavy atom. The normalized spacial score (nSPS) is 14.4. The third-order valence-electron chi connectivity index (χ3n) is 8.20. The lowest BCUT2D eigenvalue weighted by Crippen LogP contribution is -2.50. The third-order valence-corrected chi connectivity index (χ3v) is 9.99. The molecule has 4 aromatic carbocycles. The van der Waals surface area contributed by atoms with Crippen LogP contribution in [0, 0.1) is 0 Å². The Labute approximate surface area is 279 Å². The van der Waals surface area contributed by atoms with Gasteiger partial charge in [-0.1, -0.05) is 72.3 Å². The minimum atomic E-state index is -3.57. The number of nitrogens with zero attached hydrogens (tertiary/aromatic N) is 1. The lowest BCUT2D eigenvalue weighted by molar-refractivity contribution is -0.141. The van der Waals surface area contributed by atoms with E-state index in [9.17, 15) is 18.0 Å². The van der Waals surface area contributed by atoms with Gasteiger partial charge in [0.1, 0.15) is 6.04 Å². The number of carbonyl (C=O) groups is 2. The van der Waals surface area contributed by atoms with Gasteiger partial charge >= 0.3 is 0 Å². The van der Waals surface area contributed by atoms with E-state index in [1.54, 1.807) is 41.3 Å². The number of benzene rings is 4. The molecule has 0 radical (unpaired) electrons. The highest BCUT2D eigenvalue weighted by Crippen LogP contribution is 2.32. The first kappa shape index (κ1) is 32.6. The molecule has 4 aromatic rings. The van der Waals surface area contributed by atoms with Crippen LogP contribution in [0.25, 0.3) is 0 Å². The largest absolute Gasteiger partial charge is 0.454 e. The molecule has 0 saturated heterocycles. The zero-order chi connectivity index (χ0) is 32.8. The summed E-state index contributed by atoms with van der Waals surface area (Å²) in [6.45, 7) is 0.608. The Kier molecular flexibility index (Phi) is 10.1. The number of amides is 2. The van der Waals surface area contributed by atoms with Crippen molar-refractivity contribution in [3.8, 4) is 11.5 Å². The number of carbonyl (C=O) groups excluding carboxylic acids is 2. The van der Waals surface area contributed by atoms with E-state index in [0.717, 1.165) is 35.1 Å². The first-order chi connectivity index (χ1) is 22.7. The van der Waals surface area contributed by atoms with Crippen molar-refractivity contribution in [1.82, 2.24) is 14.9 Å². The summed E-state index contributed by atoms with van der Waals surface area (Å²) >= 11 is 6.15. The van der Waals surface area contributed by atoms with Gasteiger partial charge in [-0.2, -0.15) is 0 Å². The Balaban J connectivity index is 1.21. The summed E-state index contributed by atoms with van der Waals surface area (Å²) in [5.74, 6) is 0.799. The van der Waals surface area contributed by atoms with Crippen LogP contribution in [0.5, 0.6) is 11.5 Å². The highest BCUT2D eigenvalue weighted by atomic mass is 35.5. The Morgan fingerprint density at radius 2 is 1.51 bits per heavy atom. The molecule has 1 fully saturated rings. The van der Waals surface area contributed by atoms with Crippen LogP contribution in [0.4, 0.5) is 0 Å². The van der Waals surface area contributed by atoms with E-state index in [4.69, 9.17) is 21.1 Å². The summed E-state index contributed by atoms with van der Waals surface area (Å²) in [7, 11) is -3.57. The highest BCUT2D eigenvalue weighted by Gasteiger charge is 2.31. The number of aryl methyl sites for hydroxylation is 1. The molecule has 1 heterocycles. The second kappa shape index (κ2) is 14.6. The fourth-order valence-electron chi connectivity index (χ4n) is 5.42. The van der Waals surface area contributed by atoms with Gasteiger partial charge in [-0.15, -0.1) is 0 Å². The summed E-state index contributed by atoms with van der Waals surface area (Å²) in [5.41, 5.74) is 3.42. The molecule has 1 saturated carbocycles. The number of sulfonamides is 1. The van der Waals surface area contributed by atoms with Crippen LogP contribution < -0.4 is 19.5 Å². The van der Waals surface area contributed by atoms with E-state index in [0.29, 0.717) is 29.4 Å². The maximum Gasteiger partial charge on any atom is 0.243 e. The molecule has 1 aliphatic carbocycles. The average Bonchev–Trinajstić information content (AvgIpc) is 3.76. The van der Waals surface area contributed by atoms with Gasteiger partial charge in [0.2, 0.25) is 28.6 Å². The van der Waals surface area contributed by atoms with Gasteiger partial charge in [0.05, 0.1) is 4.90 Å². The van der Waals surface area contributed by atoms with E-state index in [-0.39, 0.29) is 49.1 Å². The van der Waals surface area contributed by atoms with E-state index in [1.807, 2.05) is 60.7 Å². The predicted octanol–water partition coefficient (Wildman–Crippen LogP) is 5.40. The summed E-state index contributed by atoms with van der Waals surface area (Å²) < 4.78 is 38.8. The Hall–Kier alpha value is -4.38. The van der Waals surface area contributed by atoms with E-state index in [1.165, 1.54) is 0 Å². The maximum absolute atomic E-state index is 14.1. The van der Waals surface area contributed by atoms with Crippen LogP contribution in [0.15, 0.2) is 102 Å². The minimum absolute atomic E-state index is 0.0157. The average molecular weight is 674 g/mol. The van der Waals surface area contributed by atoms with Gasteiger partial charge < -0.3 is 19.7 Å². The van der Waals surface area contributed by atoms with Crippen LogP contribution in [0.1, 0.15) is 41.5 Å². The van der Waals surface area contributed by atoms with E-state index < -0.39 is 16.1 Å². The summed E-state index contributed by atoms with van der Waals surface area (Å²) in [4.78, 5) is 29.9. The fraction of sp³-hybridized carbons (Fsp3) is 0.278. The van der Waals surface area contributed by atoms with Crippen LogP contribution >= 0.6 is 11.6 Å². The monoisotopic (exact) mass is 673 g/mol. The van der Waals surface area contributed by atoms with Crippen molar-refractivity contribution < 1.29 is 27.5 Å². The van der Waals surface area contributed by atoms with E-state index in [2.05, 4.69) is 10.0 Å². The molecule has 1 aliphatic heterocycles. The molecule has 1 atom stereocenters. The standard InChI is InChI=1S/C36H36ClN3O6S/c37-29-12-6-27(7-13-29)23-40(35(41)19-11-25-8-16-31(17-9-25)47(43,44)39-30-14-15-30)32(20-26-4-2-1-3-5-26)36(42)38-22-28-10-18-33-34(21-28)46-24-45-33/h1-10,12-13,16-18,21,30,32,39H,11,14-15,19-20,22-24H2,(H,38,42)/t32-/m0/s1. The summed E-state index contributed by atoms with van der Waals surface area (Å²) in [5, 5.41) is 3.62. The van der Waals surface area contributed by atoms with Crippen molar-refractivity contribution in [3.05, 3.63) is 124 Å². The zero-order valence-electron chi connectivity index (χ0n) is 25.7. The summed E-state index contributed by atoms with van der Waals surface area (Å²) in [6.07, 6.45) is 2.53. The molecule has 2 aliphatic rings. The predicted molar refractivity (Wildman–Crippen MR) is 178 cm³/mol. The number of rotatable bonds is 14. The molecule has 0 spiro atoms. The number of nitrogens with one attached hydrogen (secondary N) is 2. The highest BCUT2D eigenvalue weighted by molar-refractivity contribution is 7.89. The number of fused-ring (bicyclic) bond motifs is 1. The quantitative estimate of drug-likeness (QED) is 0.185. The molecule has 2 amide bonds. The molecule has 9 nitrogen and oxygen atoms in total. The lowest BCUT2D eigenvalue weighted by atomic mass is 10.0. The zero-order valence-corrected chi connectivity index (χ0v) is 27.3. The number of hydrogen-bond acceptors (Lipinski definition) is 6. The molecular weight excluding hydrogens is 638 g/mol. The first-order valence-corrected chi connectivity index (χ1v) is 17.4. The molecule has 47 heavy (non-hydrogen) atoms. The minimum Gasteiger partial charge on any atom is -0.454 e. The summed E-state index contributed by atoms with van der Waals surface area (Å²) in [6, 6.07) is 28.2. The molecule has 2 N–H and O–H groups in total. The van der Waals surface area contributed by atoms with Crippen molar-refractivity contribution in [3.63, 3.8) is 0 Å². The maximum atomic E-state index is 14.1. The van der Waals surface area contributed by atoms with Crippen LogP contribution in [-0.2, 0) is 45.5 Å². The van der Waals surface area contributed by atoms with Crippen molar-refractivity contribution >= 4 is 33.4 Å². The molecule has 0 aromatic heterocycles. The van der Waals surface area contributed by atoms with Gasteiger partial charge in [0.15, 0.2) is 11.5 Å². The van der Waals surface area contributed by atoms with Gasteiger partial charge in [-0.3, -0.25) is 9.59 Å². The molecule has 0 bridgehead atoms. The lowest BCUT2D eigenvalue weighted by Gasteiger charge is -2.32. The molecule has 244 valence electrons.